The molecule has 0 radical (unpaired) electrons. The summed E-state index contributed by atoms with van der Waals surface area (Å²) in [6.07, 6.45) is 5.95. The van der Waals surface area contributed by atoms with Gasteiger partial charge < -0.3 is 16.0 Å². The lowest BCUT2D eigenvalue weighted by molar-refractivity contribution is 0.407. The normalized spacial score (nSPS) is 19.9. The molecule has 2 rings (SSSR count). The maximum absolute atomic E-state index is 5.89. The van der Waals surface area contributed by atoms with Crippen LogP contribution in [0.15, 0.2) is 23.5 Å². The van der Waals surface area contributed by atoms with E-state index in [9.17, 15) is 0 Å². The zero-order valence-electron chi connectivity index (χ0n) is 13.0. The molecule has 1 atom stereocenters. The van der Waals surface area contributed by atoms with Crippen molar-refractivity contribution >= 4 is 11.9 Å². The Labute approximate surface area is 126 Å². The Bertz CT molecular complexity index is 445. The lowest BCUT2D eigenvalue weighted by Gasteiger charge is -2.32. The third-order valence-electron chi connectivity index (χ3n) is 3.55. The van der Waals surface area contributed by atoms with Crippen LogP contribution in [0.4, 0.5) is 5.95 Å². The van der Waals surface area contributed by atoms with Gasteiger partial charge in [0.1, 0.15) is 0 Å². The second-order valence-corrected chi connectivity index (χ2v) is 6.00. The fourth-order valence-corrected chi connectivity index (χ4v) is 2.45. The molecule has 1 aliphatic rings. The van der Waals surface area contributed by atoms with Crippen LogP contribution in [0.1, 0.15) is 26.7 Å². The van der Waals surface area contributed by atoms with E-state index >= 15 is 0 Å². The molecule has 0 spiro atoms. The summed E-state index contributed by atoms with van der Waals surface area (Å²) in [6.45, 7) is 7.89. The van der Waals surface area contributed by atoms with E-state index in [0.717, 1.165) is 38.5 Å². The first-order valence-corrected chi connectivity index (χ1v) is 7.71. The third kappa shape index (κ3) is 5.21. The molecule has 21 heavy (non-hydrogen) atoms. The molecule has 0 bridgehead atoms. The van der Waals surface area contributed by atoms with Crippen molar-refractivity contribution < 1.29 is 0 Å². The van der Waals surface area contributed by atoms with E-state index in [1.807, 2.05) is 6.07 Å². The molecule has 0 saturated carbocycles. The average Bonchev–Trinajstić information content (AvgIpc) is 2.52. The number of aliphatic imine (C=N–C) groups is 1. The van der Waals surface area contributed by atoms with Crippen LogP contribution in [0.2, 0.25) is 0 Å². The van der Waals surface area contributed by atoms with Crippen molar-refractivity contribution in [3.8, 4) is 0 Å². The van der Waals surface area contributed by atoms with E-state index < -0.39 is 0 Å². The zero-order chi connectivity index (χ0) is 15.1. The number of rotatable bonds is 5. The van der Waals surface area contributed by atoms with Crippen molar-refractivity contribution in [1.29, 1.82) is 0 Å². The van der Waals surface area contributed by atoms with E-state index in [4.69, 9.17) is 5.73 Å². The van der Waals surface area contributed by atoms with Crippen LogP contribution in [0, 0.1) is 11.8 Å². The Morgan fingerprint density at radius 1 is 1.48 bits per heavy atom. The van der Waals surface area contributed by atoms with Gasteiger partial charge in [0, 0.05) is 38.6 Å². The number of nitrogens with two attached hydrogens (primary N) is 1. The van der Waals surface area contributed by atoms with E-state index in [1.165, 1.54) is 6.42 Å². The predicted octanol–water partition coefficient (Wildman–Crippen LogP) is 1.25. The van der Waals surface area contributed by atoms with Crippen molar-refractivity contribution in [2.24, 2.45) is 22.6 Å². The summed E-state index contributed by atoms with van der Waals surface area (Å²) in [4.78, 5) is 15.2. The monoisotopic (exact) mass is 290 g/mol. The minimum absolute atomic E-state index is 0.533. The number of anilines is 1. The van der Waals surface area contributed by atoms with Gasteiger partial charge in [-0.2, -0.15) is 0 Å². The van der Waals surface area contributed by atoms with Crippen LogP contribution in [0.5, 0.6) is 0 Å². The Morgan fingerprint density at radius 3 is 2.95 bits per heavy atom. The van der Waals surface area contributed by atoms with E-state index in [-0.39, 0.29) is 0 Å². The number of nitrogens with zero attached hydrogens (tertiary/aromatic N) is 4. The van der Waals surface area contributed by atoms with Gasteiger partial charge in [-0.15, -0.1) is 0 Å². The summed E-state index contributed by atoms with van der Waals surface area (Å²) >= 11 is 0. The minimum atomic E-state index is 0.533. The van der Waals surface area contributed by atoms with Gasteiger partial charge in [-0.3, -0.25) is 4.99 Å². The first-order valence-electron chi connectivity index (χ1n) is 7.71. The van der Waals surface area contributed by atoms with E-state index in [2.05, 4.69) is 39.0 Å². The zero-order valence-corrected chi connectivity index (χ0v) is 13.0. The second kappa shape index (κ2) is 7.81. The summed E-state index contributed by atoms with van der Waals surface area (Å²) in [7, 11) is 0. The maximum Gasteiger partial charge on any atom is 0.225 e. The van der Waals surface area contributed by atoms with E-state index in [0.29, 0.717) is 17.8 Å². The highest BCUT2D eigenvalue weighted by molar-refractivity contribution is 5.77. The molecule has 1 saturated heterocycles. The van der Waals surface area contributed by atoms with Crippen LogP contribution in [0.25, 0.3) is 0 Å². The number of guanidine groups is 1. The van der Waals surface area contributed by atoms with Crippen LogP contribution < -0.4 is 16.0 Å². The molecule has 2 heterocycles. The molecule has 0 aromatic carbocycles. The fraction of sp³-hybridized carbons (Fsp3) is 0.667. The summed E-state index contributed by atoms with van der Waals surface area (Å²) in [5.41, 5.74) is 5.89. The maximum atomic E-state index is 5.89. The number of hydrogen-bond donors (Lipinski definition) is 2. The van der Waals surface area contributed by atoms with E-state index in [1.54, 1.807) is 12.4 Å². The first kappa shape index (κ1) is 15.5. The van der Waals surface area contributed by atoms with Crippen molar-refractivity contribution in [1.82, 2.24) is 15.3 Å². The Morgan fingerprint density at radius 2 is 2.24 bits per heavy atom. The van der Waals surface area contributed by atoms with Crippen molar-refractivity contribution in [3.05, 3.63) is 18.5 Å². The third-order valence-corrected chi connectivity index (χ3v) is 3.55. The highest BCUT2D eigenvalue weighted by Crippen LogP contribution is 2.19. The molecule has 6 heteroatoms. The molecule has 1 aliphatic heterocycles. The molecule has 0 aliphatic carbocycles. The molecule has 6 nitrogen and oxygen atoms in total. The molecule has 0 amide bonds. The van der Waals surface area contributed by atoms with Crippen molar-refractivity contribution in [2.75, 3.05) is 31.1 Å². The van der Waals surface area contributed by atoms with Gasteiger partial charge >= 0.3 is 0 Å². The minimum Gasteiger partial charge on any atom is -0.370 e. The topological polar surface area (TPSA) is 79.4 Å². The summed E-state index contributed by atoms with van der Waals surface area (Å²) < 4.78 is 0. The van der Waals surface area contributed by atoms with Crippen molar-refractivity contribution in [3.63, 3.8) is 0 Å². The largest absolute Gasteiger partial charge is 0.370 e. The fourth-order valence-electron chi connectivity index (χ4n) is 2.45. The van der Waals surface area contributed by atoms with Gasteiger partial charge in [-0.05, 0) is 30.7 Å². The highest BCUT2D eigenvalue weighted by Gasteiger charge is 2.21. The average molecular weight is 290 g/mol. The summed E-state index contributed by atoms with van der Waals surface area (Å²) in [5.74, 6) is 2.46. The molecule has 3 N–H and O–H groups in total. The van der Waals surface area contributed by atoms with Crippen molar-refractivity contribution in [2.45, 2.75) is 26.7 Å². The standard InChI is InChI=1S/C15H26N6/c1-12(2)9-19-14(16)20-10-13-5-3-8-21(11-13)15-17-6-4-7-18-15/h4,6-7,12-13H,3,5,8-11H2,1-2H3,(H3,16,19,20). The highest BCUT2D eigenvalue weighted by atomic mass is 15.3. The first-order chi connectivity index (χ1) is 10.1. The van der Waals surface area contributed by atoms with Crippen LogP contribution in [0.3, 0.4) is 0 Å². The van der Waals surface area contributed by atoms with Gasteiger partial charge in [0.2, 0.25) is 5.95 Å². The van der Waals surface area contributed by atoms with Gasteiger partial charge in [0.05, 0.1) is 0 Å². The Hall–Kier alpha value is -1.85. The lowest BCUT2D eigenvalue weighted by Crippen LogP contribution is -2.43. The summed E-state index contributed by atoms with van der Waals surface area (Å²) in [6, 6.07) is 1.85. The molecule has 1 fully saturated rings. The molecule has 1 aromatic rings. The molecule has 1 unspecified atom stereocenters. The number of piperidine rings is 1. The van der Waals surface area contributed by atoms with Crippen LogP contribution >= 0.6 is 0 Å². The molecular formula is C15H26N6. The molecule has 1 aromatic heterocycles. The number of aromatic nitrogens is 2. The van der Waals surface area contributed by atoms with Gasteiger partial charge in [-0.1, -0.05) is 13.8 Å². The smallest absolute Gasteiger partial charge is 0.225 e. The quantitative estimate of drug-likeness (QED) is 0.630. The number of nitrogens with one attached hydrogen (secondary N) is 1. The van der Waals surface area contributed by atoms with Gasteiger partial charge in [-0.25, -0.2) is 9.97 Å². The predicted molar refractivity (Wildman–Crippen MR) is 86.3 cm³/mol. The van der Waals surface area contributed by atoms with Crippen LogP contribution in [-0.2, 0) is 0 Å². The van der Waals surface area contributed by atoms with Crippen LogP contribution in [-0.4, -0.2) is 42.1 Å². The second-order valence-electron chi connectivity index (χ2n) is 6.00. The summed E-state index contributed by atoms with van der Waals surface area (Å²) in [5, 5.41) is 3.24. The van der Waals surface area contributed by atoms with Gasteiger partial charge in [0.25, 0.3) is 0 Å². The lowest BCUT2D eigenvalue weighted by atomic mass is 9.98. The molecule has 116 valence electrons. The van der Waals surface area contributed by atoms with Gasteiger partial charge in [0.15, 0.2) is 5.96 Å². The number of hydrogen-bond acceptors (Lipinski definition) is 4. The SMILES string of the molecule is CC(C)CN=C(N)NCC1CCCN(c2ncccn2)C1. The Kier molecular flexibility index (Phi) is 5.78. The Balaban J connectivity index is 1.80. The molecular weight excluding hydrogens is 264 g/mol.